The summed E-state index contributed by atoms with van der Waals surface area (Å²) < 4.78 is 17.2. The summed E-state index contributed by atoms with van der Waals surface area (Å²) in [4.78, 5) is 0. The fraction of sp³-hybridized carbons (Fsp3) is 0.688. The van der Waals surface area contributed by atoms with Crippen LogP contribution in [0.2, 0.25) is 0 Å². The Morgan fingerprint density at radius 1 is 0.861 bits per heavy atom. The topological polar surface area (TPSA) is 21.7 Å². The summed E-state index contributed by atoms with van der Waals surface area (Å²) in [5.41, 5.74) is 8.03. The van der Waals surface area contributed by atoms with Gasteiger partial charge in [0.15, 0.2) is 0 Å². The molecule has 2 unspecified atom stereocenters. The Kier molecular flexibility index (Phi) is 7.16. The highest BCUT2D eigenvalue weighted by Crippen LogP contribution is 2.62. The van der Waals surface area contributed by atoms with Crippen LogP contribution in [0.3, 0.4) is 0 Å². The molecule has 0 aromatic carbocycles. The highest BCUT2D eigenvalue weighted by Gasteiger charge is 2.51. The number of allylic oxidation sites excluding steroid dienone is 7. The lowest BCUT2D eigenvalue weighted by Crippen LogP contribution is -2.56. The van der Waals surface area contributed by atoms with Gasteiger partial charge in [-0.15, -0.1) is 0 Å². The third-order valence-electron chi connectivity index (χ3n) is 8.21. The monoisotopic (exact) mass is 511 g/mol. The van der Waals surface area contributed by atoms with Crippen LogP contribution in [-0.2, 0) is 9.05 Å². The average Bonchev–Trinajstić information content (AvgIpc) is 2.68. The minimum atomic E-state index is -1.35. The second kappa shape index (κ2) is 9.25. The normalized spacial score (nSPS) is 31.3. The third kappa shape index (κ3) is 5.23. The van der Waals surface area contributed by atoms with Gasteiger partial charge in [0.05, 0.1) is 0 Å². The van der Waals surface area contributed by atoms with Gasteiger partial charge in [-0.1, -0.05) is 70.9 Å². The summed E-state index contributed by atoms with van der Waals surface area (Å²) in [6.07, 6.45) is 12.8. The molecule has 3 nitrogen and oxygen atoms in total. The van der Waals surface area contributed by atoms with Crippen LogP contribution in [0.15, 0.2) is 57.4 Å². The van der Waals surface area contributed by atoms with E-state index in [4.69, 9.17) is 9.05 Å². The van der Waals surface area contributed by atoms with E-state index in [0.717, 1.165) is 31.4 Å². The van der Waals surface area contributed by atoms with Gasteiger partial charge >= 0.3 is 8.53 Å². The summed E-state index contributed by atoms with van der Waals surface area (Å²) in [7, 11) is -1.35. The molecule has 1 saturated heterocycles. The molecule has 2 atom stereocenters. The van der Waals surface area contributed by atoms with Gasteiger partial charge in [0, 0.05) is 22.1 Å². The second-order valence-electron chi connectivity index (χ2n) is 14.8. The number of fused-ring (bicyclic) bond motifs is 2. The van der Waals surface area contributed by atoms with Crippen LogP contribution in [0, 0.1) is 10.8 Å². The van der Waals surface area contributed by atoms with E-state index >= 15 is 0 Å². The minimum Gasteiger partial charge on any atom is -0.439 e. The maximum absolute atomic E-state index is 7.34. The van der Waals surface area contributed by atoms with Gasteiger partial charge in [-0.2, -0.15) is 0 Å². The van der Waals surface area contributed by atoms with E-state index in [1.54, 1.807) is 0 Å². The molecule has 200 valence electrons. The van der Waals surface area contributed by atoms with Gasteiger partial charge < -0.3 is 4.52 Å². The largest absolute Gasteiger partial charge is 0.439 e. The zero-order valence-corrected chi connectivity index (χ0v) is 26.0. The average molecular weight is 512 g/mol. The van der Waals surface area contributed by atoms with Gasteiger partial charge in [-0.3, -0.25) is 4.52 Å². The van der Waals surface area contributed by atoms with Crippen molar-refractivity contribution in [1.29, 1.82) is 0 Å². The fourth-order valence-corrected chi connectivity index (χ4v) is 8.72. The van der Waals surface area contributed by atoms with Crippen LogP contribution in [0.25, 0.3) is 0 Å². The van der Waals surface area contributed by atoms with E-state index in [1.165, 1.54) is 39.9 Å². The number of rotatable bonds is 1. The lowest BCUT2D eigenvalue weighted by atomic mass is 9.73. The molecule has 0 bridgehead atoms. The van der Waals surface area contributed by atoms with Crippen molar-refractivity contribution in [1.82, 2.24) is 4.67 Å². The molecule has 0 aromatic heterocycles. The molecule has 0 saturated carbocycles. The summed E-state index contributed by atoms with van der Waals surface area (Å²) in [6.45, 7) is 27.9. The highest BCUT2D eigenvalue weighted by atomic mass is 31.2. The van der Waals surface area contributed by atoms with E-state index in [2.05, 4.69) is 106 Å². The molecule has 4 rings (SSSR count). The van der Waals surface area contributed by atoms with Crippen LogP contribution < -0.4 is 0 Å². The van der Waals surface area contributed by atoms with E-state index in [-0.39, 0.29) is 28.0 Å². The Bertz CT molecular complexity index is 1050. The molecule has 2 heterocycles. The van der Waals surface area contributed by atoms with E-state index < -0.39 is 8.53 Å². The van der Waals surface area contributed by atoms with Crippen molar-refractivity contribution in [2.45, 2.75) is 132 Å². The first-order chi connectivity index (χ1) is 16.4. The molecule has 0 spiro atoms. The molecule has 1 fully saturated rings. The van der Waals surface area contributed by atoms with Crippen LogP contribution >= 0.6 is 8.53 Å². The van der Waals surface area contributed by atoms with Crippen LogP contribution in [0.4, 0.5) is 0 Å². The first kappa shape index (κ1) is 27.9. The Labute approximate surface area is 222 Å². The van der Waals surface area contributed by atoms with Gasteiger partial charge in [0.25, 0.3) is 0 Å². The number of hydrogen-bond acceptors (Lipinski definition) is 3. The summed E-state index contributed by atoms with van der Waals surface area (Å²) in [6, 6.07) is 0. The van der Waals surface area contributed by atoms with Crippen molar-refractivity contribution in [3.05, 3.63) is 57.4 Å². The molecular formula is C32H50NO2P. The number of hydrogen-bond donors (Lipinski definition) is 0. The molecule has 36 heavy (non-hydrogen) atoms. The summed E-state index contributed by atoms with van der Waals surface area (Å²) >= 11 is 0. The van der Waals surface area contributed by atoms with Crippen LogP contribution in [0.5, 0.6) is 0 Å². The fourth-order valence-electron chi connectivity index (χ4n) is 6.48. The standard InChI is InChI=1S/C32H50NO2P/c1-21-14-15-23-24-19-22(2)20-26(29(3,4)5)27(24)34-36(35-28(25(23)18-21)30(6,7)8)33-31(9,10)16-13-17-32(33,11)12/h18-20,27H,13-17H2,1-12H3/b24-23-,28-25?. The Morgan fingerprint density at radius 3 is 2.03 bits per heavy atom. The first-order valence-corrected chi connectivity index (χ1v) is 15.1. The van der Waals surface area contributed by atoms with Gasteiger partial charge in [-0.05, 0) is 95.8 Å². The number of piperidine rings is 1. The van der Waals surface area contributed by atoms with Gasteiger partial charge in [0.2, 0.25) is 0 Å². The zero-order valence-electron chi connectivity index (χ0n) is 25.1. The van der Waals surface area contributed by atoms with Crippen molar-refractivity contribution in [2.75, 3.05) is 0 Å². The summed E-state index contributed by atoms with van der Waals surface area (Å²) in [5.74, 6) is 1.09. The Balaban J connectivity index is 2.02. The summed E-state index contributed by atoms with van der Waals surface area (Å²) in [5, 5.41) is 0. The lowest BCUT2D eigenvalue weighted by Gasteiger charge is -2.55. The van der Waals surface area contributed by atoms with Crippen molar-refractivity contribution in [3.8, 4) is 0 Å². The lowest BCUT2D eigenvalue weighted by molar-refractivity contribution is 0.0252. The molecule has 0 aromatic rings. The van der Waals surface area contributed by atoms with E-state index in [9.17, 15) is 0 Å². The molecule has 4 aliphatic rings. The van der Waals surface area contributed by atoms with Crippen molar-refractivity contribution < 1.29 is 9.05 Å². The van der Waals surface area contributed by atoms with Crippen molar-refractivity contribution in [3.63, 3.8) is 0 Å². The zero-order chi connectivity index (χ0) is 26.8. The minimum absolute atomic E-state index is 0.00261. The number of nitrogens with zero attached hydrogens (tertiary/aromatic N) is 1. The van der Waals surface area contributed by atoms with Crippen molar-refractivity contribution in [2.24, 2.45) is 10.8 Å². The molecule has 4 heteroatoms. The SMILES string of the molecule is CC1=C/C2=C3\CCC(C)=CC3=C(C(C)(C)C)OP(N3C(C)(C)CCCC3(C)C)OC2C(C(C)(C)C)=C1. The van der Waals surface area contributed by atoms with Gasteiger partial charge in [-0.25, -0.2) is 4.67 Å². The first-order valence-electron chi connectivity index (χ1n) is 13.9. The Morgan fingerprint density at radius 2 is 1.47 bits per heavy atom. The predicted octanol–water partition coefficient (Wildman–Crippen LogP) is 9.94. The maximum atomic E-state index is 7.34. The Hall–Kier alpha value is -1.15. The molecule has 2 aliphatic carbocycles. The van der Waals surface area contributed by atoms with Crippen LogP contribution in [-0.4, -0.2) is 21.9 Å². The van der Waals surface area contributed by atoms with Gasteiger partial charge in [0.1, 0.15) is 11.9 Å². The molecule has 0 N–H and O–H groups in total. The predicted molar refractivity (Wildman–Crippen MR) is 155 cm³/mol. The van der Waals surface area contributed by atoms with Crippen molar-refractivity contribution >= 4 is 8.53 Å². The molecule has 0 radical (unpaired) electrons. The third-order valence-corrected chi connectivity index (χ3v) is 10.3. The molecular weight excluding hydrogens is 461 g/mol. The quantitative estimate of drug-likeness (QED) is 0.327. The van der Waals surface area contributed by atoms with E-state index in [1.807, 2.05) is 0 Å². The second-order valence-corrected chi connectivity index (χ2v) is 16.0. The highest BCUT2D eigenvalue weighted by molar-refractivity contribution is 7.44. The molecule has 2 aliphatic heterocycles. The van der Waals surface area contributed by atoms with Crippen LogP contribution in [0.1, 0.15) is 115 Å². The maximum Gasteiger partial charge on any atom is 0.322 e. The van der Waals surface area contributed by atoms with E-state index in [0.29, 0.717) is 0 Å². The smallest absolute Gasteiger partial charge is 0.322 e. The molecule has 0 amide bonds.